The van der Waals surface area contributed by atoms with Crippen molar-refractivity contribution in [2.45, 2.75) is 27.3 Å². The van der Waals surface area contributed by atoms with Crippen LogP contribution in [0.4, 0.5) is 0 Å². The Hall–Kier alpha value is -1.10. The molecule has 0 fully saturated rings. The SMILES string of the molecule is CCOCOc1c(C)cc(CNCCOC)cc1C. The minimum atomic E-state index is 0.309. The summed E-state index contributed by atoms with van der Waals surface area (Å²) in [6.45, 7) is 9.49. The second-order valence-electron chi connectivity index (χ2n) is 4.48. The topological polar surface area (TPSA) is 39.7 Å². The van der Waals surface area contributed by atoms with Gasteiger partial charge in [-0.25, -0.2) is 0 Å². The van der Waals surface area contributed by atoms with Crippen LogP contribution in [0.15, 0.2) is 12.1 Å². The molecular weight excluding hydrogens is 242 g/mol. The Morgan fingerprint density at radius 2 is 1.84 bits per heavy atom. The molecule has 0 aliphatic heterocycles. The number of benzene rings is 1. The fraction of sp³-hybridized carbons (Fsp3) is 0.600. The summed E-state index contributed by atoms with van der Waals surface area (Å²) in [6.07, 6.45) is 0. The highest BCUT2D eigenvalue weighted by Crippen LogP contribution is 2.24. The molecule has 0 radical (unpaired) electrons. The lowest BCUT2D eigenvalue weighted by Gasteiger charge is -2.14. The van der Waals surface area contributed by atoms with Crippen molar-refractivity contribution in [2.24, 2.45) is 0 Å². The molecule has 0 unspecified atom stereocenters. The van der Waals surface area contributed by atoms with Gasteiger partial charge in [0.25, 0.3) is 0 Å². The van der Waals surface area contributed by atoms with Crippen LogP contribution in [-0.4, -0.2) is 33.7 Å². The van der Waals surface area contributed by atoms with E-state index < -0.39 is 0 Å². The normalized spacial score (nSPS) is 10.7. The number of ether oxygens (including phenoxy) is 3. The highest BCUT2D eigenvalue weighted by atomic mass is 16.7. The molecule has 1 aromatic rings. The molecule has 0 aliphatic rings. The molecule has 0 heterocycles. The summed E-state index contributed by atoms with van der Waals surface area (Å²) in [6, 6.07) is 4.29. The maximum absolute atomic E-state index is 5.64. The fourth-order valence-electron chi connectivity index (χ4n) is 1.96. The molecule has 1 N–H and O–H groups in total. The first-order valence-electron chi connectivity index (χ1n) is 6.69. The van der Waals surface area contributed by atoms with Crippen molar-refractivity contribution >= 4 is 0 Å². The maximum Gasteiger partial charge on any atom is 0.189 e. The van der Waals surface area contributed by atoms with Crippen molar-refractivity contribution in [3.05, 3.63) is 28.8 Å². The third-order valence-corrected chi connectivity index (χ3v) is 2.82. The molecule has 0 atom stereocenters. The number of aryl methyl sites for hydroxylation is 2. The van der Waals surface area contributed by atoms with Crippen molar-refractivity contribution in [1.29, 1.82) is 0 Å². The molecule has 0 amide bonds. The Balaban J connectivity index is 2.57. The molecule has 4 heteroatoms. The van der Waals surface area contributed by atoms with Gasteiger partial charge in [-0.2, -0.15) is 0 Å². The number of methoxy groups -OCH3 is 1. The van der Waals surface area contributed by atoms with Gasteiger partial charge >= 0.3 is 0 Å². The first kappa shape index (κ1) is 16.0. The van der Waals surface area contributed by atoms with Gasteiger partial charge in [0.05, 0.1) is 6.61 Å². The van der Waals surface area contributed by atoms with Crippen LogP contribution in [0.2, 0.25) is 0 Å². The van der Waals surface area contributed by atoms with Crippen molar-refractivity contribution in [3.63, 3.8) is 0 Å². The van der Waals surface area contributed by atoms with E-state index in [4.69, 9.17) is 14.2 Å². The Labute approximate surface area is 116 Å². The summed E-state index contributed by atoms with van der Waals surface area (Å²) in [5.41, 5.74) is 3.54. The smallest absolute Gasteiger partial charge is 0.189 e. The number of nitrogens with one attached hydrogen (secondary N) is 1. The largest absolute Gasteiger partial charge is 0.467 e. The monoisotopic (exact) mass is 267 g/mol. The van der Waals surface area contributed by atoms with Crippen LogP contribution in [0.3, 0.4) is 0 Å². The lowest BCUT2D eigenvalue weighted by Crippen LogP contribution is -2.18. The van der Waals surface area contributed by atoms with Crippen LogP contribution in [0, 0.1) is 13.8 Å². The molecule has 0 saturated carbocycles. The third kappa shape index (κ3) is 5.59. The number of hydrogen-bond acceptors (Lipinski definition) is 4. The molecular formula is C15H25NO3. The van der Waals surface area contributed by atoms with Crippen molar-refractivity contribution < 1.29 is 14.2 Å². The number of hydrogen-bond donors (Lipinski definition) is 1. The van der Waals surface area contributed by atoms with Gasteiger partial charge < -0.3 is 19.5 Å². The van der Waals surface area contributed by atoms with Gasteiger partial charge in [0.1, 0.15) is 5.75 Å². The van der Waals surface area contributed by atoms with E-state index in [9.17, 15) is 0 Å². The Kier molecular flexibility index (Phi) is 7.48. The van der Waals surface area contributed by atoms with Gasteiger partial charge in [-0.15, -0.1) is 0 Å². The van der Waals surface area contributed by atoms with E-state index in [0.717, 1.165) is 36.6 Å². The highest BCUT2D eigenvalue weighted by Gasteiger charge is 2.06. The molecule has 19 heavy (non-hydrogen) atoms. The zero-order valence-corrected chi connectivity index (χ0v) is 12.4. The number of rotatable bonds is 9. The molecule has 0 saturated heterocycles. The maximum atomic E-state index is 5.64. The summed E-state index contributed by atoms with van der Waals surface area (Å²) in [5.74, 6) is 0.925. The molecule has 4 nitrogen and oxygen atoms in total. The second-order valence-corrected chi connectivity index (χ2v) is 4.48. The van der Waals surface area contributed by atoms with Gasteiger partial charge in [-0.3, -0.25) is 0 Å². The zero-order valence-electron chi connectivity index (χ0n) is 12.4. The minimum Gasteiger partial charge on any atom is -0.467 e. The zero-order chi connectivity index (χ0) is 14.1. The van der Waals surface area contributed by atoms with Crippen LogP contribution in [0.5, 0.6) is 5.75 Å². The molecule has 1 aromatic carbocycles. The highest BCUT2D eigenvalue weighted by molar-refractivity contribution is 5.43. The quantitative estimate of drug-likeness (QED) is 0.551. The first-order valence-corrected chi connectivity index (χ1v) is 6.69. The predicted molar refractivity (Wildman–Crippen MR) is 76.6 cm³/mol. The summed E-state index contributed by atoms with van der Waals surface area (Å²) in [5, 5.41) is 3.34. The average Bonchev–Trinajstić information content (AvgIpc) is 2.38. The van der Waals surface area contributed by atoms with E-state index in [1.165, 1.54) is 5.56 Å². The van der Waals surface area contributed by atoms with Crippen LogP contribution in [0.1, 0.15) is 23.6 Å². The Bertz CT molecular complexity index is 357. The van der Waals surface area contributed by atoms with Crippen molar-refractivity contribution in [3.8, 4) is 5.75 Å². The summed E-state index contributed by atoms with van der Waals surface area (Å²) >= 11 is 0. The van der Waals surface area contributed by atoms with Gasteiger partial charge in [0.15, 0.2) is 6.79 Å². The summed E-state index contributed by atoms with van der Waals surface area (Å²) < 4.78 is 15.9. The van der Waals surface area contributed by atoms with Gasteiger partial charge in [0.2, 0.25) is 0 Å². The van der Waals surface area contributed by atoms with E-state index in [1.54, 1.807) is 7.11 Å². The van der Waals surface area contributed by atoms with Gasteiger partial charge in [-0.1, -0.05) is 12.1 Å². The molecule has 1 rings (SSSR count). The predicted octanol–water partition coefficient (Wildman–Crippen LogP) is 2.41. The van der Waals surface area contributed by atoms with Crippen LogP contribution in [-0.2, 0) is 16.0 Å². The molecule has 0 aromatic heterocycles. The van der Waals surface area contributed by atoms with Crippen LogP contribution in [0.25, 0.3) is 0 Å². The summed E-state index contributed by atoms with van der Waals surface area (Å²) in [4.78, 5) is 0. The lowest BCUT2D eigenvalue weighted by molar-refractivity contribution is 0.0216. The standard InChI is InChI=1S/C15H25NO3/c1-5-18-11-19-15-12(2)8-14(9-13(15)3)10-16-6-7-17-4/h8-9,16H,5-7,10-11H2,1-4H3. The average molecular weight is 267 g/mol. The fourth-order valence-corrected chi connectivity index (χ4v) is 1.96. The van der Waals surface area contributed by atoms with Gasteiger partial charge in [-0.05, 0) is 37.5 Å². The molecule has 0 aliphatic carbocycles. The van der Waals surface area contributed by atoms with Crippen molar-refractivity contribution in [1.82, 2.24) is 5.32 Å². The van der Waals surface area contributed by atoms with Crippen LogP contribution >= 0.6 is 0 Å². The van der Waals surface area contributed by atoms with Crippen molar-refractivity contribution in [2.75, 3.05) is 33.7 Å². The van der Waals surface area contributed by atoms with Gasteiger partial charge in [0, 0.05) is 26.8 Å². The lowest BCUT2D eigenvalue weighted by atomic mass is 10.1. The van der Waals surface area contributed by atoms with E-state index in [1.807, 2.05) is 6.92 Å². The van der Waals surface area contributed by atoms with Crippen LogP contribution < -0.4 is 10.1 Å². The third-order valence-electron chi connectivity index (χ3n) is 2.82. The summed E-state index contributed by atoms with van der Waals surface area (Å²) in [7, 11) is 1.71. The van der Waals surface area contributed by atoms with E-state index in [-0.39, 0.29) is 0 Å². The van der Waals surface area contributed by atoms with E-state index in [2.05, 4.69) is 31.3 Å². The first-order chi connectivity index (χ1) is 9.19. The second kappa shape index (κ2) is 8.91. The van der Waals surface area contributed by atoms with E-state index >= 15 is 0 Å². The molecule has 0 spiro atoms. The Morgan fingerprint density at radius 1 is 1.16 bits per heavy atom. The molecule has 108 valence electrons. The minimum absolute atomic E-state index is 0.309. The Morgan fingerprint density at radius 3 is 2.42 bits per heavy atom. The molecule has 0 bridgehead atoms. The van der Waals surface area contributed by atoms with E-state index in [0.29, 0.717) is 13.4 Å².